The number of hydrogen-bond acceptors (Lipinski definition) is 3. The molecule has 1 aliphatic rings. The lowest BCUT2D eigenvalue weighted by Crippen LogP contribution is -2.47. The fraction of sp³-hybridized carbons (Fsp3) is 0.350. The van der Waals surface area contributed by atoms with Gasteiger partial charge >= 0.3 is 6.09 Å². The van der Waals surface area contributed by atoms with Crippen LogP contribution in [0.5, 0.6) is 5.75 Å². The van der Waals surface area contributed by atoms with Crippen molar-refractivity contribution in [2.45, 2.75) is 31.9 Å². The lowest BCUT2D eigenvalue weighted by molar-refractivity contribution is -0.0491. The normalized spacial score (nSPS) is 22.0. The van der Waals surface area contributed by atoms with Crippen LogP contribution in [0.1, 0.15) is 37.4 Å². The molecule has 1 fully saturated rings. The van der Waals surface area contributed by atoms with Crippen molar-refractivity contribution in [1.29, 1.82) is 0 Å². The second kappa shape index (κ2) is 6.56. The Morgan fingerprint density at radius 2 is 1.92 bits per heavy atom. The molecule has 0 spiro atoms. The second-order valence-corrected chi connectivity index (χ2v) is 6.36. The SMILES string of the molecule is COc1cccc(C(C)N2CCC(C)(c3ccccc3)OC2=O)c1. The standard InChI is InChI=1S/C20H23NO3/c1-15(16-8-7-11-18(14-16)23-3)21-13-12-20(2,24-19(21)22)17-9-5-4-6-10-17/h4-11,14-15H,12-13H2,1-3H3. The summed E-state index contributed by atoms with van der Waals surface area (Å²) >= 11 is 0. The van der Waals surface area contributed by atoms with Crippen LogP contribution >= 0.6 is 0 Å². The number of benzene rings is 2. The predicted molar refractivity (Wildman–Crippen MR) is 93.0 cm³/mol. The van der Waals surface area contributed by atoms with E-state index in [2.05, 4.69) is 0 Å². The highest BCUT2D eigenvalue weighted by Gasteiger charge is 2.39. The van der Waals surface area contributed by atoms with Crippen LogP contribution in [0.4, 0.5) is 4.79 Å². The van der Waals surface area contributed by atoms with Gasteiger partial charge in [-0.2, -0.15) is 0 Å². The van der Waals surface area contributed by atoms with Gasteiger partial charge < -0.3 is 14.4 Å². The molecule has 4 nitrogen and oxygen atoms in total. The molecule has 0 aromatic heterocycles. The first kappa shape index (κ1) is 16.4. The van der Waals surface area contributed by atoms with Crippen LogP contribution in [0.25, 0.3) is 0 Å². The highest BCUT2D eigenvalue weighted by atomic mass is 16.6. The topological polar surface area (TPSA) is 38.8 Å². The third kappa shape index (κ3) is 3.09. The molecule has 1 heterocycles. The van der Waals surface area contributed by atoms with Crippen LogP contribution < -0.4 is 4.74 Å². The Hall–Kier alpha value is -2.49. The van der Waals surface area contributed by atoms with Gasteiger partial charge in [0.2, 0.25) is 0 Å². The lowest BCUT2D eigenvalue weighted by atomic mass is 9.90. The number of nitrogens with zero attached hydrogens (tertiary/aromatic N) is 1. The van der Waals surface area contributed by atoms with Crippen LogP contribution in [-0.2, 0) is 10.3 Å². The van der Waals surface area contributed by atoms with Crippen molar-refractivity contribution in [2.24, 2.45) is 0 Å². The van der Waals surface area contributed by atoms with Gasteiger partial charge in [-0.15, -0.1) is 0 Å². The summed E-state index contributed by atoms with van der Waals surface area (Å²) in [5.74, 6) is 0.791. The quantitative estimate of drug-likeness (QED) is 0.830. The predicted octanol–water partition coefficient (Wildman–Crippen LogP) is 4.51. The molecule has 3 rings (SSSR count). The molecule has 1 saturated heterocycles. The maximum absolute atomic E-state index is 12.6. The zero-order valence-electron chi connectivity index (χ0n) is 14.4. The van der Waals surface area contributed by atoms with Gasteiger partial charge in [0.25, 0.3) is 0 Å². The molecule has 4 heteroatoms. The van der Waals surface area contributed by atoms with E-state index in [-0.39, 0.29) is 12.1 Å². The molecule has 0 N–H and O–H groups in total. The van der Waals surface area contributed by atoms with E-state index in [4.69, 9.17) is 9.47 Å². The fourth-order valence-electron chi connectivity index (χ4n) is 3.15. The molecule has 2 aromatic carbocycles. The van der Waals surface area contributed by atoms with E-state index in [1.807, 2.05) is 68.4 Å². The van der Waals surface area contributed by atoms with Gasteiger partial charge in [0.15, 0.2) is 0 Å². The van der Waals surface area contributed by atoms with Gasteiger partial charge in [-0.1, -0.05) is 42.5 Å². The smallest absolute Gasteiger partial charge is 0.411 e. The minimum absolute atomic E-state index is 0.0621. The van der Waals surface area contributed by atoms with Gasteiger partial charge in [-0.3, -0.25) is 0 Å². The lowest BCUT2D eigenvalue weighted by Gasteiger charge is -2.41. The molecule has 1 amide bonds. The Bertz CT molecular complexity index is 716. The summed E-state index contributed by atoms with van der Waals surface area (Å²) in [5.41, 5.74) is 1.50. The van der Waals surface area contributed by atoms with Crippen molar-refractivity contribution in [2.75, 3.05) is 13.7 Å². The number of carbonyl (C=O) groups excluding carboxylic acids is 1. The molecule has 2 atom stereocenters. The molecule has 1 aliphatic heterocycles. The van der Waals surface area contributed by atoms with E-state index in [1.54, 1.807) is 12.0 Å². The molecule has 2 unspecified atom stereocenters. The van der Waals surface area contributed by atoms with E-state index >= 15 is 0 Å². The van der Waals surface area contributed by atoms with Crippen molar-refractivity contribution < 1.29 is 14.3 Å². The van der Waals surface area contributed by atoms with E-state index < -0.39 is 5.60 Å². The first-order chi connectivity index (χ1) is 11.5. The van der Waals surface area contributed by atoms with Gasteiger partial charge in [0.05, 0.1) is 13.2 Å². The minimum atomic E-state index is -0.567. The van der Waals surface area contributed by atoms with E-state index in [1.165, 1.54) is 0 Å². The Morgan fingerprint density at radius 3 is 2.58 bits per heavy atom. The third-order valence-corrected chi connectivity index (χ3v) is 4.80. The second-order valence-electron chi connectivity index (χ2n) is 6.36. The fourth-order valence-corrected chi connectivity index (χ4v) is 3.15. The number of cyclic esters (lactones) is 1. The molecule has 126 valence electrons. The number of amides is 1. The van der Waals surface area contributed by atoms with Gasteiger partial charge in [0.1, 0.15) is 11.4 Å². The molecular formula is C20H23NO3. The summed E-state index contributed by atoms with van der Waals surface area (Å²) < 4.78 is 11.1. The Morgan fingerprint density at radius 1 is 1.17 bits per heavy atom. The van der Waals surface area contributed by atoms with Crippen LogP contribution in [0.2, 0.25) is 0 Å². The van der Waals surface area contributed by atoms with Crippen molar-refractivity contribution in [3.8, 4) is 5.75 Å². The average molecular weight is 325 g/mol. The molecule has 0 radical (unpaired) electrons. The largest absolute Gasteiger partial charge is 0.497 e. The van der Waals surface area contributed by atoms with E-state index in [9.17, 15) is 4.79 Å². The maximum Gasteiger partial charge on any atom is 0.411 e. The highest BCUT2D eigenvalue weighted by molar-refractivity contribution is 5.70. The number of rotatable bonds is 4. The van der Waals surface area contributed by atoms with Crippen LogP contribution in [0, 0.1) is 0 Å². The van der Waals surface area contributed by atoms with Crippen LogP contribution in [0.3, 0.4) is 0 Å². The van der Waals surface area contributed by atoms with Crippen molar-refractivity contribution in [1.82, 2.24) is 4.90 Å². The Balaban J connectivity index is 1.77. The van der Waals surface area contributed by atoms with Crippen LogP contribution in [0.15, 0.2) is 54.6 Å². The summed E-state index contributed by atoms with van der Waals surface area (Å²) in [5, 5.41) is 0. The monoisotopic (exact) mass is 325 g/mol. The van der Waals surface area contributed by atoms with Gasteiger partial charge in [-0.05, 0) is 37.1 Å². The Labute approximate surface area is 143 Å². The highest BCUT2D eigenvalue weighted by Crippen LogP contribution is 2.36. The van der Waals surface area contributed by atoms with Gasteiger partial charge in [-0.25, -0.2) is 4.79 Å². The van der Waals surface area contributed by atoms with Crippen LogP contribution in [-0.4, -0.2) is 24.6 Å². The zero-order chi connectivity index (χ0) is 17.2. The van der Waals surface area contributed by atoms with Gasteiger partial charge in [0, 0.05) is 13.0 Å². The molecule has 0 aliphatic carbocycles. The van der Waals surface area contributed by atoms with Crippen molar-refractivity contribution in [3.05, 3.63) is 65.7 Å². The third-order valence-electron chi connectivity index (χ3n) is 4.80. The summed E-state index contributed by atoms with van der Waals surface area (Å²) in [6.45, 7) is 4.65. The molecular weight excluding hydrogens is 302 g/mol. The maximum atomic E-state index is 12.6. The van der Waals surface area contributed by atoms with Crippen molar-refractivity contribution >= 4 is 6.09 Å². The first-order valence-corrected chi connectivity index (χ1v) is 8.22. The number of hydrogen-bond donors (Lipinski definition) is 0. The number of methoxy groups -OCH3 is 1. The molecule has 2 aromatic rings. The Kier molecular flexibility index (Phi) is 4.47. The van der Waals surface area contributed by atoms with E-state index in [0.717, 1.165) is 23.3 Å². The molecule has 24 heavy (non-hydrogen) atoms. The number of ether oxygens (including phenoxy) is 2. The summed E-state index contributed by atoms with van der Waals surface area (Å²) in [4.78, 5) is 14.4. The summed E-state index contributed by atoms with van der Waals surface area (Å²) in [6, 6.07) is 17.7. The molecule has 0 saturated carbocycles. The zero-order valence-corrected chi connectivity index (χ0v) is 14.4. The minimum Gasteiger partial charge on any atom is -0.497 e. The summed E-state index contributed by atoms with van der Waals surface area (Å²) in [7, 11) is 1.64. The molecule has 0 bridgehead atoms. The average Bonchev–Trinajstić information content (AvgIpc) is 2.62. The number of carbonyl (C=O) groups is 1. The first-order valence-electron chi connectivity index (χ1n) is 8.22. The van der Waals surface area contributed by atoms with Crippen molar-refractivity contribution in [3.63, 3.8) is 0 Å². The summed E-state index contributed by atoms with van der Waals surface area (Å²) in [6.07, 6.45) is 0.486. The van der Waals surface area contributed by atoms with E-state index in [0.29, 0.717) is 6.54 Å².